The zero-order chi connectivity index (χ0) is 18.6. The van der Waals surface area contributed by atoms with E-state index in [0.717, 1.165) is 43.0 Å². The highest BCUT2D eigenvalue weighted by atomic mass is 16.3. The maximum absolute atomic E-state index is 12.5. The molecule has 138 valence electrons. The summed E-state index contributed by atoms with van der Waals surface area (Å²) in [6, 6.07) is 7.25. The van der Waals surface area contributed by atoms with Crippen molar-refractivity contribution >= 4 is 23.0 Å². The fourth-order valence-electron chi connectivity index (χ4n) is 2.98. The molecule has 0 radical (unpaired) electrons. The number of benzene rings is 1. The first-order valence-electron chi connectivity index (χ1n) is 8.72. The molecule has 8 nitrogen and oxygen atoms in total. The lowest BCUT2D eigenvalue weighted by Gasteiger charge is -2.28. The molecule has 0 bridgehead atoms. The Labute approximate surface area is 156 Å². The van der Waals surface area contributed by atoms with Crippen LogP contribution in [0.25, 0.3) is 11.1 Å². The van der Waals surface area contributed by atoms with E-state index in [9.17, 15) is 4.79 Å². The molecule has 3 heterocycles. The van der Waals surface area contributed by atoms with Crippen LogP contribution < -0.4 is 21.3 Å². The SMILES string of the molecule is Nc1ccc(-c2ccoc2)cc1NC(=O)c1ncc(N2CCNCC2)cn1. The third-order valence-electron chi connectivity index (χ3n) is 4.48. The Morgan fingerprint density at radius 3 is 2.63 bits per heavy atom. The van der Waals surface area contributed by atoms with Crippen LogP contribution in [0.2, 0.25) is 0 Å². The zero-order valence-electron chi connectivity index (χ0n) is 14.7. The lowest BCUT2D eigenvalue weighted by atomic mass is 10.1. The molecular formula is C19H20N6O2. The largest absolute Gasteiger partial charge is 0.472 e. The number of furan rings is 1. The molecule has 1 aliphatic heterocycles. The number of hydrogen-bond acceptors (Lipinski definition) is 7. The summed E-state index contributed by atoms with van der Waals surface area (Å²) in [5.41, 5.74) is 9.68. The first-order chi connectivity index (χ1) is 13.2. The Bertz CT molecular complexity index is 918. The second-order valence-electron chi connectivity index (χ2n) is 6.27. The number of piperazine rings is 1. The Kier molecular flexibility index (Phi) is 4.71. The van der Waals surface area contributed by atoms with Crippen LogP contribution in [-0.4, -0.2) is 42.1 Å². The molecule has 2 aromatic heterocycles. The zero-order valence-corrected chi connectivity index (χ0v) is 14.7. The van der Waals surface area contributed by atoms with E-state index in [-0.39, 0.29) is 5.82 Å². The molecule has 8 heteroatoms. The Morgan fingerprint density at radius 2 is 1.93 bits per heavy atom. The van der Waals surface area contributed by atoms with Gasteiger partial charge in [-0.2, -0.15) is 0 Å². The molecule has 0 atom stereocenters. The lowest BCUT2D eigenvalue weighted by Crippen LogP contribution is -2.43. The van der Waals surface area contributed by atoms with Gasteiger partial charge >= 0.3 is 0 Å². The molecular weight excluding hydrogens is 344 g/mol. The van der Waals surface area contributed by atoms with Crippen molar-refractivity contribution in [2.45, 2.75) is 0 Å². The monoisotopic (exact) mass is 364 g/mol. The molecule has 1 saturated heterocycles. The highest BCUT2D eigenvalue weighted by Gasteiger charge is 2.15. The van der Waals surface area contributed by atoms with Crippen molar-refractivity contribution in [2.75, 3.05) is 42.1 Å². The van der Waals surface area contributed by atoms with Gasteiger partial charge in [-0.25, -0.2) is 9.97 Å². The van der Waals surface area contributed by atoms with E-state index in [1.54, 1.807) is 37.1 Å². The summed E-state index contributed by atoms with van der Waals surface area (Å²) in [6.07, 6.45) is 6.59. The molecule has 0 saturated carbocycles. The van der Waals surface area contributed by atoms with E-state index in [4.69, 9.17) is 10.2 Å². The van der Waals surface area contributed by atoms with Crippen molar-refractivity contribution in [3.8, 4) is 11.1 Å². The van der Waals surface area contributed by atoms with Gasteiger partial charge in [0.25, 0.3) is 5.91 Å². The lowest BCUT2D eigenvalue weighted by molar-refractivity contribution is 0.101. The van der Waals surface area contributed by atoms with E-state index in [1.165, 1.54) is 0 Å². The predicted molar refractivity (Wildman–Crippen MR) is 104 cm³/mol. The summed E-state index contributed by atoms with van der Waals surface area (Å²) < 4.78 is 5.10. The molecule has 0 spiro atoms. The normalized spacial score (nSPS) is 14.1. The summed E-state index contributed by atoms with van der Waals surface area (Å²) in [7, 11) is 0. The van der Waals surface area contributed by atoms with Crippen LogP contribution in [-0.2, 0) is 0 Å². The second-order valence-corrected chi connectivity index (χ2v) is 6.27. The summed E-state index contributed by atoms with van der Waals surface area (Å²) in [4.78, 5) is 23.1. The summed E-state index contributed by atoms with van der Waals surface area (Å²) in [5, 5.41) is 6.08. The first-order valence-corrected chi connectivity index (χ1v) is 8.72. The van der Waals surface area contributed by atoms with Crippen molar-refractivity contribution in [1.29, 1.82) is 0 Å². The summed E-state index contributed by atoms with van der Waals surface area (Å²) in [6.45, 7) is 3.64. The van der Waals surface area contributed by atoms with Crippen LogP contribution in [0.3, 0.4) is 0 Å². The van der Waals surface area contributed by atoms with Crippen molar-refractivity contribution in [3.63, 3.8) is 0 Å². The van der Waals surface area contributed by atoms with Crippen LogP contribution >= 0.6 is 0 Å². The van der Waals surface area contributed by atoms with Gasteiger partial charge in [0, 0.05) is 31.7 Å². The minimum Gasteiger partial charge on any atom is -0.472 e. The number of amides is 1. The third-order valence-corrected chi connectivity index (χ3v) is 4.48. The van der Waals surface area contributed by atoms with Crippen LogP contribution in [0, 0.1) is 0 Å². The average Bonchev–Trinajstić information content (AvgIpc) is 3.25. The average molecular weight is 364 g/mol. The number of nitrogens with zero attached hydrogens (tertiary/aromatic N) is 3. The van der Waals surface area contributed by atoms with Gasteiger partial charge < -0.3 is 25.7 Å². The minimum atomic E-state index is -0.405. The number of anilines is 3. The number of rotatable bonds is 4. The van der Waals surface area contributed by atoms with Crippen molar-refractivity contribution < 1.29 is 9.21 Å². The maximum Gasteiger partial charge on any atom is 0.293 e. The van der Waals surface area contributed by atoms with E-state index < -0.39 is 5.91 Å². The smallest absolute Gasteiger partial charge is 0.293 e. The molecule has 3 aromatic rings. The Balaban J connectivity index is 1.49. The Morgan fingerprint density at radius 1 is 1.15 bits per heavy atom. The van der Waals surface area contributed by atoms with E-state index >= 15 is 0 Å². The van der Waals surface area contributed by atoms with Gasteiger partial charge in [-0.15, -0.1) is 0 Å². The molecule has 27 heavy (non-hydrogen) atoms. The fourth-order valence-corrected chi connectivity index (χ4v) is 2.98. The van der Waals surface area contributed by atoms with Crippen LogP contribution in [0.4, 0.5) is 17.1 Å². The fraction of sp³-hybridized carbons (Fsp3) is 0.211. The summed E-state index contributed by atoms with van der Waals surface area (Å²) in [5.74, 6) is -0.306. The second kappa shape index (κ2) is 7.46. The van der Waals surface area contributed by atoms with E-state index in [2.05, 4.69) is 25.5 Å². The molecule has 4 rings (SSSR count). The molecule has 1 aliphatic rings. The standard InChI is InChI=1S/C19H20N6O2/c20-16-2-1-13(14-3-8-27-12-14)9-17(16)24-19(26)18-22-10-15(11-23-18)25-6-4-21-5-7-25/h1-3,8-12,21H,4-7,20H2,(H,24,26). The van der Waals surface area contributed by atoms with Gasteiger partial charge in [-0.05, 0) is 23.8 Å². The Hall–Kier alpha value is -3.39. The van der Waals surface area contributed by atoms with Gasteiger partial charge in [-0.1, -0.05) is 6.07 Å². The third kappa shape index (κ3) is 3.75. The predicted octanol–water partition coefficient (Wildman–Crippen LogP) is 1.98. The topological polar surface area (TPSA) is 109 Å². The molecule has 4 N–H and O–H groups in total. The van der Waals surface area contributed by atoms with Gasteiger partial charge in [0.1, 0.15) is 0 Å². The molecule has 1 fully saturated rings. The van der Waals surface area contributed by atoms with E-state index in [1.807, 2.05) is 12.1 Å². The number of carbonyl (C=O) groups is 1. The van der Waals surface area contributed by atoms with Gasteiger partial charge in [0.2, 0.25) is 5.82 Å². The van der Waals surface area contributed by atoms with E-state index in [0.29, 0.717) is 11.4 Å². The number of aromatic nitrogens is 2. The van der Waals surface area contributed by atoms with Crippen LogP contribution in [0.1, 0.15) is 10.6 Å². The highest BCUT2D eigenvalue weighted by Crippen LogP contribution is 2.27. The molecule has 1 amide bonds. The summed E-state index contributed by atoms with van der Waals surface area (Å²) >= 11 is 0. The quantitative estimate of drug-likeness (QED) is 0.607. The number of nitrogen functional groups attached to an aromatic ring is 1. The van der Waals surface area contributed by atoms with Gasteiger partial charge in [-0.3, -0.25) is 4.79 Å². The minimum absolute atomic E-state index is 0.0991. The van der Waals surface area contributed by atoms with Gasteiger partial charge in [0.15, 0.2) is 0 Å². The van der Waals surface area contributed by atoms with Crippen molar-refractivity contribution in [1.82, 2.24) is 15.3 Å². The number of nitrogens with two attached hydrogens (primary N) is 1. The maximum atomic E-state index is 12.5. The van der Waals surface area contributed by atoms with Crippen molar-refractivity contribution in [2.24, 2.45) is 0 Å². The first kappa shape index (κ1) is 17.0. The van der Waals surface area contributed by atoms with Crippen molar-refractivity contribution in [3.05, 3.63) is 55.0 Å². The molecule has 0 unspecified atom stereocenters. The highest BCUT2D eigenvalue weighted by molar-refractivity contribution is 6.03. The number of carbonyl (C=O) groups excluding carboxylic acids is 1. The molecule has 0 aliphatic carbocycles. The van der Waals surface area contributed by atoms with Crippen LogP contribution in [0.15, 0.2) is 53.6 Å². The number of hydrogen-bond donors (Lipinski definition) is 3. The number of nitrogens with one attached hydrogen (secondary N) is 2. The van der Waals surface area contributed by atoms with Crippen LogP contribution in [0.5, 0.6) is 0 Å². The van der Waals surface area contributed by atoms with Gasteiger partial charge in [0.05, 0.1) is 42.0 Å². The molecule has 1 aromatic carbocycles.